The van der Waals surface area contributed by atoms with Gasteiger partial charge in [-0.05, 0) is 71.6 Å². The van der Waals surface area contributed by atoms with Gasteiger partial charge in [0.2, 0.25) is 0 Å². The lowest BCUT2D eigenvalue weighted by Crippen LogP contribution is -1.92. The minimum atomic E-state index is 0.733. The number of nitrogens with zero attached hydrogens (tertiary/aromatic N) is 1. The first-order valence-electron chi connectivity index (χ1n) is 8.36. The Labute approximate surface area is 180 Å². The van der Waals surface area contributed by atoms with Crippen molar-refractivity contribution in [3.05, 3.63) is 74.7 Å². The lowest BCUT2D eigenvalue weighted by molar-refractivity contribution is 1.27. The molecule has 4 aromatic rings. The number of halogens is 2. The van der Waals surface area contributed by atoms with Crippen molar-refractivity contribution in [1.29, 1.82) is 0 Å². The molecule has 4 rings (SSSR count). The highest BCUT2D eigenvalue weighted by atomic mass is 79.9. The molecule has 0 spiro atoms. The van der Waals surface area contributed by atoms with E-state index in [1.54, 1.807) is 23.3 Å². The van der Waals surface area contributed by atoms with Gasteiger partial charge in [-0.15, -0.1) is 11.3 Å². The summed E-state index contributed by atoms with van der Waals surface area (Å²) in [6.07, 6.45) is 0. The minimum absolute atomic E-state index is 0.733. The normalized spacial score (nSPS) is 11.1. The largest absolute Gasteiger partial charge is 0.325 e. The van der Waals surface area contributed by atoms with Gasteiger partial charge in [0.25, 0.3) is 0 Å². The van der Waals surface area contributed by atoms with Crippen molar-refractivity contribution in [2.45, 2.75) is 18.7 Å². The third kappa shape index (κ3) is 4.02. The van der Waals surface area contributed by atoms with Gasteiger partial charge in [0.1, 0.15) is 4.83 Å². The molecule has 0 unspecified atom stereocenters. The van der Waals surface area contributed by atoms with Gasteiger partial charge in [0, 0.05) is 26.6 Å². The van der Waals surface area contributed by atoms with E-state index in [0.29, 0.717) is 0 Å². The summed E-state index contributed by atoms with van der Waals surface area (Å²) in [6, 6.07) is 18.5. The fourth-order valence-corrected chi connectivity index (χ4v) is 5.84. The second kappa shape index (κ2) is 7.84. The molecule has 0 bridgehead atoms. The molecule has 6 heteroatoms. The molecule has 0 aliphatic rings. The van der Waals surface area contributed by atoms with Crippen LogP contribution in [0.4, 0.5) is 5.69 Å². The second-order valence-corrected chi connectivity index (χ2v) is 9.91. The van der Waals surface area contributed by atoms with Crippen molar-refractivity contribution < 1.29 is 0 Å². The molecule has 136 valence electrons. The highest BCUT2D eigenvalue weighted by Crippen LogP contribution is 2.45. The van der Waals surface area contributed by atoms with Gasteiger partial charge in [0.15, 0.2) is 0 Å². The molecule has 1 N–H and O–H groups in total. The van der Waals surface area contributed by atoms with Crippen molar-refractivity contribution in [3.63, 3.8) is 0 Å². The second-order valence-electron chi connectivity index (χ2n) is 6.27. The Morgan fingerprint density at radius 2 is 1.89 bits per heavy atom. The van der Waals surface area contributed by atoms with Gasteiger partial charge >= 0.3 is 0 Å². The van der Waals surface area contributed by atoms with Crippen molar-refractivity contribution in [2.75, 3.05) is 4.72 Å². The molecule has 0 saturated carbocycles. The fraction of sp³-hybridized carbons (Fsp3) is 0.0952. The molecular weight excluding hydrogens is 460 g/mol. The third-order valence-electron chi connectivity index (χ3n) is 4.13. The van der Waals surface area contributed by atoms with Gasteiger partial charge < -0.3 is 4.72 Å². The highest BCUT2D eigenvalue weighted by Gasteiger charge is 2.18. The van der Waals surface area contributed by atoms with Gasteiger partial charge in [0.05, 0.1) is 9.47 Å². The van der Waals surface area contributed by atoms with Crippen LogP contribution in [0.5, 0.6) is 0 Å². The molecule has 2 heterocycles. The maximum absolute atomic E-state index is 6.11. The molecule has 0 atom stereocenters. The van der Waals surface area contributed by atoms with Crippen LogP contribution in [0.15, 0.2) is 63.3 Å². The monoisotopic (exact) mass is 474 g/mol. The zero-order chi connectivity index (χ0) is 19.0. The van der Waals surface area contributed by atoms with Crippen LogP contribution < -0.4 is 4.72 Å². The molecule has 2 aromatic heterocycles. The first kappa shape index (κ1) is 18.8. The number of hydrogen-bond donors (Lipinski definition) is 1. The number of pyridine rings is 1. The van der Waals surface area contributed by atoms with Crippen LogP contribution in [0.2, 0.25) is 5.02 Å². The molecule has 0 fully saturated rings. The Morgan fingerprint density at radius 1 is 1.07 bits per heavy atom. The van der Waals surface area contributed by atoms with Crippen LogP contribution in [0.3, 0.4) is 0 Å². The average Bonchev–Trinajstić information content (AvgIpc) is 2.95. The van der Waals surface area contributed by atoms with E-state index in [1.807, 2.05) is 31.2 Å². The molecule has 27 heavy (non-hydrogen) atoms. The Bertz CT molecular complexity index is 1140. The first-order valence-corrected chi connectivity index (χ1v) is 11.2. The van der Waals surface area contributed by atoms with Crippen molar-refractivity contribution in [2.24, 2.45) is 0 Å². The van der Waals surface area contributed by atoms with Crippen LogP contribution in [-0.2, 0) is 0 Å². The number of fused-ring (bicyclic) bond motifs is 1. The van der Waals surface area contributed by atoms with E-state index in [-0.39, 0.29) is 0 Å². The Morgan fingerprint density at radius 3 is 2.67 bits per heavy atom. The quantitative estimate of drug-likeness (QED) is 0.302. The molecule has 2 nitrogen and oxygen atoms in total. The summed E-state index contributed by atoms with van der Waals surface area (Å²) in [5.74, 6) is 0. The smallest absolute Gasteiger partial charge is 0.127 e. The van der Waals surface area contributed by atoms with Crippen molar-refractivity contribution in [3.8, 4) is 11.1 Å². The zero-order valence-corrected chi connectivity index (χ0v) is 18.7. The van der Waals surface area contributed by atoms with Crippen LogP contribution in [0, 0.1) is 13.8 Å². The van der Waals surface area contributed by atoms with E-state index in [9.17, 15) is 0 Å². The fourth-order valence-electron chi connectivity index (χ4n) is 2.98. The zero-order valence-electron chi connectivity index (χ0n) is 14.7. The van der Waals surface area contributed by atoms with Gasteiger partial charge in [-0.25, -0.2) is 4.98 Å². The average molecular weight is 476 g/mol. The summed E-state index contributed by atoms with van der Waals surface area (Å²) >= 11 is 13.1. The molecule has 0 radical (unpaired) electrons. The Balaban J connectivity index is 1.82. The topological polar surface area (TPSA) is 24.9 Å². The number of aromatic nitrogens is 1. The van der Waals surface area contributed by atoms with Gasteiger partial charge in [-0.2, -0.15) is 0 Å². The van der Waals surface area contributed by atoms with E-state index in [0.717, 1.165) is 35.3 Å². The van der Waals surface area contributed by atoms with Crippen molar-refractivity contribution >= 4 is 66.7 Å². The standard InChI is InChI=1S/C21H16BrClN2S2/c1-12-5-3-6-14(9-12)18-19-17(10-13(2)24-21(19)26-20(18)22)25-27-16-8-4-7-15(23)11-16/h3-11H,1-2H3,(H,24,25). The number of nitrogens with one attached hydrogen (secondary N) is 1. The molecule has 0 aliphatic carbocycles. The van der Waals surface area contributed by atoms with E-state index in [1.165, 1.54) is 16.7 Å². The predicted molar refractivity (Wildman–Crippen MR) is 123 cm³/mol. The number of benzene rings is 2. The maximum atomic E-state index is 6.11. The number of anilines is 1. The summed E-state index contributed by atoms with van der Waals surface area (Å²) in [5, 5.41) is 1.87. The number of rotatable bonds is 4. The highest BCUT2D eigenvalue weighted by molar-refractivity contribution is 9.11. The molecule has 0 saturated heterocycles. The maximum Gasteiger partial charge on any atom is 0.127 e. The van der Waals surface area contributed by atoms with Crippen LogP contribution in [0.25, 0.3) is 21.3 Å². The van der Waals surface area contributed by atoms with Crippen LogP contribution in [0.1, 0.15) is 11.3 Å². The molecule has 0 amide bonds. The molecule has 0 aliphatic heterocycles. The SMILES string of the molecule is Cc1cccc(-c2c(Br)sc3nc(C)cc(NSc4cccc(Cl)c4)c23)c1. The van der Waals surface area contributed by atoms with E-state index < -0.39 is 0 Å². The van der Waals surface area contributed by atoms with Crippen molar-refractivity contribution in [1.82, 2.24) is 4.98 Å². The predicted octanol–water partition coefficient (Wildman–Crippen LogP) is 8.12. The van der Waals surface area contributed by atoms with Gasteiger partial charge in [-0.1, -0.05) is 47.5 Å². The lowest BCUT2D eigenvalue weighted by Gasteiger charge is -2.11. The molecular formula is C21H16BrClN2S2. The number of hydrogen-bond acceptors (Lipinski definition) is 4. The number of aryl methyl sites for hydroxylation is 2. The first-order chi connectivity index (χ1) is 13.0. The summed E-state index contributed by atoms with van der Waals surface area (Å²) in [7, 11) is 0. The minimum Gasteiger partial charge on any atom is -0.325 e. The summed E-state index contributed by atoms with van der Waals surface area (Å²) in [4.78, 5) is 6.84. The van der Waals surface area contributed by atoms with E-state index in [2.05, 4.69) is 57.9 Å². The van der Waals surface area contributed by atoms with Crippen LogP contribution >= 0.6 is 50.8 Å². The Kier molecular flexibility index (Phi) is 5.46. The lowest BCUT2D eigenvalue weighted by atomic mass is 10.0. The van der Waals surface area contributed by atoms with E-state index >= 15 is 0 Å². The summed E-state index contributed by atoms with van der Waals surface area (Å²) in [5.41, 5.74) is 5.65. The van der Waals surface area contributed by atoms with E-state index in [4.69, 9.17) is 16.6 Å². The molecule has 2 aromatic carbocycles. The van der Waals surface area contributed by atoms with Crippen LogP contribution in [-0.4, -0.2) is 4.98 Å². The Hall–Kier alpha value is -1.53. The third-order valence-corrected chi connectivity index (χ3v) is 6.93. The summed E-state index contributed by atoms with van der Waals surface area (Å²) < 4.78 is 4.61. The van der Waals surface area contributed by atoms with Gasteiger partial charge in [-0.3, -0.25) is 0 Å². The summed E-state index contributed by atoms with van der Waals surface area (Å²) in [6.45, 7) is 4.14. The number of thiophene rings is 1.